The van der Waals surface area contributed by atoms with E-state index in [-0.39, 0.29) is 12.1 Å². The Labute approximate surface area is 246 Å². The Kier molecular flexibility index (Phi) is 7.28. The summed E-state index contributed by atoms with van der Waals surface area (Å²) < 4.78 is 18.8. The first-order valence-corrected chi connectivity index (χ1v) is 14.0. The van der Waals surface area contributed by atoms with Gasteiger partial charge in [-0.05, 0) is 110 Å². The lowest BCUT2D eigenvalue weighted by molar-refractivity contribution is 0.413. The molecule has 6 rings (SSSR count). The SMILES string of the molecule is COc1ccc(Oc2ccc(N3C(=S)N[C@H](c4ccccn4)[C@H]3c3ccc(-c4ccc(C)cc4Br)o3)cc2)cc1. The van der Waals surface area contributed by atoms with Crippen LogP contribution in [0.15, 0.2) is 112 Å². The van der Waals surface area contributed by atoms with E-state index in [1.54, 1.807) is 13.3 Å². The molecule has 1 N–H and O–H groups in total. The van der Waals surface area contributed by atoms with E-state index in [0.29, 0.717) is 10.9 Å². The zero-order chi connectivity index (χ0) is 27.6. The van der Waals surface area contributed by atoms with Gasteiger partial charge >= 0.3 is 0 Å². The molecule has 0 unspecified atom stereocenters. The lowest BCUT2D eigenvalue weighted by atomic mass is 10.0. The lowest BCUT2D eigenvalue weighted by Gasteiger charge is -2.26. The van der Waals surface area contributed by atoms with E-state index >= 15 is 0 Å². The molecule has 5 aromatic rings. The molecule has 200 valence electrons. The lowest BCUT2D eigenvalue weighted by Crippen LogP contribution is -2.29. The number of nitrogens with zero attached hydrogens (tertiary/aromatic N) is 2. The second-order valence-corrected chi connectivity index (χ2v) is 10.7. The van der Waals surface area contributed by atoms with Gasteiger partial charge in [-0.2, -0.15) is 0 Å². The van der Waals surface area contributed by atoms with Gasteiger partial charge < -0.3 is 24.1 Å². The first-order valence-electron chi connectivity index (χ1n) is 12.8. The van der Waals surface area contributed by atoms with Gasteiger partial charge in [0.2, 0.25) is 0 Å². The standard InChI is InChI=1S/C32H26BrN3O3S/c1-20-6-15-25(26(33)19-20)28-16-17-29(39-28)31-30(27-5-3-4-18-34-27)35-32(40)36(31)21-7-9-23(10-8-21)38-24-13-11-22(37-2)12-14-24/h3-19,30-31H,1-2H3,(H,35,40)/t30-,31-/m1/s1. The van der Waals surface area contributed by atoms with Gasteiger partial charge in [-0.25, -0.2) is 0 Å². The summed E-state index contributed by atoms with van der Waals surface area (Å²) in [6.07, 6.45) is 1.79. The number of thiocarbonyl (C=S) groups is 1. The van der Waals surface area contributed by atoms with E-state index in [4.69, 9.17) is 26.1 Å². The topological polar surface area (TPSA) is 59.8 Å². The quantitative estimate of drug-likeness (QED) is 0.185. The molecule has 0 saturated carbocycles. The molecule has 40 heavy (non-hydrogen) atoms. The Hall–Kier alpha value is -4.14. The average Bonchev–Trinajstić information content (AvgIpc) is 3.59. The minimum atomic E-state index is -0.256. The summed E-state index contributed by atoms with van der Waals surface area (Å²) in [5, 5.41) is 4.08. The third kappa shape index (κ3) is 5.20. The molecule has 0 bridgehead atoms. The normalized spacial score (nSPS) is 16.6. The highest BCUT2D eigenvalue weighted by Crippen LogP contribution is 2.44. The largest absolute Gasteiger partial charge is 0.497 e. The monoisotopic (exact) mass is 611 g/mol. The number of hydrogen-bond donors (Lipinski definition) is 1. The second kappa shape index (κ2) is 11.2. The van der Waals surface area contributed by atoms with Crippen molar-refractivity contribution in [1.29, 1.82) is 0 Å². The van der Waals surface area contributed by atoms with Gasteiger partial charge in [0.1, 0.15) is 34.8 Å². The molecule has 1 aliphatic heterocycles. The first kappa shape index (κ1) is 26.1. The van der Waals surface area contributed by atoms with Crippen LogP contribution in [0.1, 0.15) is 29.1 Å². The summed E-state index contributed by atoms with van der Waals surface area (Å²) >= 11 is 9.56. The van der Waals surface area contributed by atoms with Crippen LogP contribution in [0.3, 0.4) is 0 Å². The number of furan rings is 1. The highest BCUT2D eigenvalue weighted by atomic mass is 79.9. The number of nitrogens with one attached hydrogen (secondary N) is 1. The van der Waals surface area contributed by atoms with E-state index in [1.807, 2.05) is 78.9 Å². The highest BCUT2D eigenvalue weighted by Gasteiger charge is 2.42. The van der Waals surface area contributed by atoms with Gasteiger partial charge in [0, 0.05) is 21.9 Å². The molecule has 3 aromatic carbocycles. The van der Waals surface area contributed by atoms with E-state index < -0.39 is 0 Å². The van der Waals surface area contributed by atoms with Crippen LogP contribution in [0, 0.1) is 6.92 Å². The van der Waals surface area contributed by atoms with E-state index in [0.717, 1.165) is 44.4 Å². The minimum Gasteiger partial charge on any atom is -0.497 e. The minimum absolute atomic E-state index is 0.204. The summed E-state index contributed by atoms with van der Waals surface area (Å²) in [6, 6.07) is 31.0. The molecular formula is C32H26BrN3O3S. The zero-order valence-electron chi connectivity index (χ0n) is 21.9. The molecule has 0 aliphatic carbocycles. The van der Waals surface area contributed by atoms with Gasteiger partial charge in [0.05, 0.1) is 18.8 Å². The summed E-state index contributed by atoms with van der Waals surface area (Å²) in [4.78, 5) is 6.72. The maximum absolute atomic E-state index is 6.51. The summed E-state index contributed by atoms with van der Waals surface area (Å²) in [6.45, 7) is 2.07. The van der Waals surface area contributed by atoms with Crippen molar-refractivity contribution in [2.24, 2.45) is 0 Å². The zero-order valence-corrected chi connectivity index (χ0v) is 24.3. The number of aromatic nitrogens is 1. The molecule has 1 fully saturated rings. The Morgan fingerprint density at radius 1 is 0.900 bits per heavy atom. The predicted octanol–water partition coefficient (Wildman–Crippen LogP) is 8.39. The van der Waals surface area contributed by atoms with Crippen molar-refractivity contribution in [2.45, 2.75) is 19.0 Å². The van der Waals surface area contributed by atoms with Gasteiger partial charge in [-0.3, -0.25) is 4.98 Å². The number of rotatable bonds is 7. The Morgan fingerprint density at radius 2 is 1.62 bits per heavy atom. The Morgan fingerprint density at radius 3 is 2.30 bits per heavy atom. The third-order valence-corrected chi connectivity index (χ3v) is 7.79. The van der Waals surface area contributed by atoms with Crippen LogP contribution in [0.4, 0.5) is 5.69 Å². The second-order valence-electron chi connectivity index (χ2n) is 9.45. The van der Waals surface area contributed by atoms with Crippen LogP contribution in [-0.4, -0.2) is 17.2 Å². The number of pyridine rings is 1. The predicted molar refractivity (Wildman–Crippen MR) is 164 cm³/mol. The van der Waals surface area contributed by atoms with Crippen LogP contribution in [0.25, 0.3) is 11.3 Å². The summed E-state index contributed by atoms with van der Waals surface area (Å²) in [5.41, 5.74) is 3.96. The average molecular weight is 613 g/mol. The van der Waals surface area contributed by atoms with E-state index in [2.05, 4.69) is 56.3 Å². The maximum Gasteiger partial charge on any atom is 0.174 e. The number of halogens is 1. The Balaban J connectivity index is 1.33. The number of benzene rings is 3. The number of anilines is 1. The van der Waals surface area contributed by atoms with E-state index in [1.165, 1.54) is 5.56 Å². The number of aryl methyl sites for hydroxylation is 1. The van der Waals surface area contributed by atoms with Crippen LogP contribution in [-0.2, 0) is 0 Å². The van der Waals surface area contributed by atoms with Gasteiger partial charge in [0.25, 0.3) is 0 Å². The van der Waals surface area contributed by atoms with Crippen molar-refractivity contribution in [3.8, 4) is 28.6 Å². The molecule has 0 amide bonds. The van der Waals surface area contributed by atoms with Crippen LogP contribution in [0.2, 0.25) is 0 Å². The van der Waals surface area contributed by atoms with E-state index in [9.17, 15) is 0 Å². The van der Waals surface area contributed by atoms with Crippen molar-refractivity contribution in [2.75, 3.05) is 12.0 Å². The van der Waals surface area contributed by atoms with Crippen molar-refractivity contribution >= 4 is 38.9 Å². The van der Waals surface area contributed by atoms with Crippen LogP contribution >= 0.6 is 28.1 Å². The first-order chi connectivity index (χ1) is 19.5. The molecule has 6 nitrogen and oxygen atoms in total. The fraction of sp³-hybridized carbons (Fsp3) is 0.125. The van der Waals surface area contributed by atoms with Gasteiger partial charge in [-0.1, -0.05) is 28.1 Å². The van der Waals surface area contributed by atoms with Crippen molar-refractivity contribution in [3.05, 3.63) is 125 Å². The Bertz CT molecular complexity index is 1640. The molecule has 2 atom stereocenters. The molecule has 8 heteroatoms. The molecule has 0 spiro atoms. The maximum atomic E-state index is 6.51. The summed E-state index contributed by atoms with van der Waals surface area (Å²) in [5.74, 6) is 3.79. The molecule has 2 aromatic heterocycles. The van der Waals surface area contributed by atoms with Crippen LogP contribution in [0.5, 0.6) is 17.2 Å². The van der Waals surface area contributed by atoms with Gasteiger partial charge in [0.15, 0.2) is 5.11 Å². The number of hydrogen-bond acceptors (Lipinski definition) is 5. The number of ether oxygens (including phenoxy) is 2. The third-order valence-electron chi connectivity index (χ3n) is 6.82. The molecule has 1 aliphatic rings. The molecule has 3 heterocycles. The van der Waals surface area contributed by atoms with Crippen molar-refractivity contribution in [1.82, 2.24) is 10.3 Å². The van der Waals surface area contributed by atoms with Crippen molar-refractivity contribution < 1.29 is 13.9 Å². The molecular weight excluding hydrogens is 586 g/mol. The van der Waals surface area contributed by atoms with Crippen molar-refractivity contribution in [3.63, 3.8) is 0 Å². The van der Waals surface area contributed by atoms with Gasteiger partial charge in [-0.15, -0.1) is 0 Å². The fourth-order valence-electron chi connectivity index (χ4n) is 4.85. The smallest absolute Gasteiger partial charge is 0.174 e. The highest BCUT2D eigenvalue weighted by molar-refractivity contribution is 9.10. The van der Waals surface area contributed by atoms with Crippen LogP contribution < -0.4 is 19.7 Å². The molecule has 0 radical (unpaired) electrons. The summed E-state index contributed by atoms with van der Waals surface area (Å²) in [7, 11) is 1.64. The molecule has 1 saturated heterocycles. The number of methoxy groups -OCH3 is 1. The fourth-order valence-corrected chi connectivity index (χ4v) is 5.89.